The van der Waals surface area contributed by atoms with Crippen LogP contribution in [0.25, 0.3) is 6.08 Å². The van der Waals surface area contributed by atoms with Crippen molar-refractivity contribution in [2.24, 2.45) is 16.5 Å². The minimum Gasteiger partial charge on any atom is -0.475 e. The molecule has 1 aromatic rings. The maximum atomic E-state index is 13.9. The smallest absolute Gasteiger partial charge is 0.429 e. The minimum atomic E-state index is -4.89. The lowest BCUT2D eigenvalue weighted by molar-refractivity contribution is -0.185. The summed E-state index contributed by atoms with van der Waals surface area (Å²) in [5, 5.41) is 2.67. The number of nitrogens with one attached hydrogen (secondary N) is 1. The second-order valence-electron chi connectivity index (χ2n) is 9.11. The second kappa shape index (κ2) is 11.2. The van der Waals surface area contributed by atoms with Crippen LogP contribution in [-0.4, -0.2) is 49.8 Å². The van der Waals surface area contributed by atoms with Crippen LogP contribution < -0.4 is 21.5 Å². The Morgan fingerprint density at radius 2 is 1.89 bits per heavy atom. The molecule has 1 aliphatic heterocycles. The van der Waals surface area contributed by atoms with Gasteiger partial charge in [-0.25, -0.2) is 4.79 Å². The molecule has 0 fully saturated rings. The third kappa shape index (κ3) is 7.51. The Morgan fingerprint density at radius 1 is 1.23 bits per heavy atom. The molecule has 0 saturated carbocycles. The van der Waals surface area contributed by atoms with Crippen LogP contribution in [0.1, 0.15) is 51.2 Å². The molecule has 0 radical (unpaired) electrons. The fourth-order valence-electron chi connectivity index (χ4n) is 3.52. The average molecular weight is 519 g/mol. The summed E-state index contributed by atoms with van der Waals surface area (Å²) in [7, 11) is 1.12. The highest BCUT2D eigenvalue weighted by molar-refractivity contribution is 6.31. The number of amides is 1. The molecule has 12 heteroatoms. The summed E-state index contributed by atoms with van der Waals surface area (Å²) in [6.07, 6.45) is -5.32. The molecule has 0 bridgehead atoms. The zero-order chi connectivity index (χ0) is 26.6. The molecule has 0 saturated heterocycles. The predicted molar refractivity (Wildman–Crippen MR) is 127 cm³/mol. The predicted octanol–water partition coefficient (Wildman–Crippen LogP) is 3.45. The van der Waals surface area contributed by atoms with Crippen molar-refractivity contribution in [1.82, 2.24) is 5.32 Å². The van der Waals surface area contributed by atoms with E-state index < -0.39 is 41.2 Å². The Bertz CT molecular complexity index is 1020. The van der Waals surface area contributed by atoms with Gasteiger partial charge >= 0.3 is 12.1 Å². The van der Waals surface area contributed by atoms with E-state index in [1.165, 1.54) is 12.1 Å². The lowest BCUT2D eigenvalue weighted by atomic mass is 9.85. The first kappa shape index (κ1) is 28.3. The molecule has 194 valence electrons. The standard InChI is InChI=1S/C23H30ClF3N4O4/c1-22(2,3)14-11-17-12(10-15(14)24)9-13(18(35-17)23(25,26)27)19(32)31-16(20(33)34-4)7-5-6-8-30-21(28)29/h9-11,16,18H,5-8H2,1-4H3,(H,31,32)(H4,28,29,30)/t16-,18-/m0/s1. The largest absolute Gasteiger partial charge is 0.475 e. The van der Waals surface area contributed by atoms with E-state index in [-0.39, 0.29) is 23.7 Å². The van der Waals surface area contributed by atoms with Gasteiger partial charge in [-0.15, -0.1) is 0 Å². The highest BCUT2D eigenvalue weighted by Crippen LogP contribution is 2.42. The monoisotopic (exact) mass is 518 g/mol. The Balaban J connectivity index is 2.33. The molecule has 35 heavy (non-hydrogen) atoms. The molecule has 8 nitrogen and oxygen atoms in total. The molecule has 1 aliphatic rings. The molecule has 0 aromatic heterocycles. The topological polar surface area (TPSA) is 129 Å². The number of nitrogens with two attached hydrogens (primary N) is 2. The molecular weight excluding hydrogens is 489 g/mol. The zero-order valence-electron chi connectivity index (χ0n) is 20.0. The van der Waals surface area contributed by atoms with E-state index in [0.717, 1.165) is 13.2 Å². The van der Waals surface area contributed by atoms with Crippen molar-refractivity contribution in [1.29, 1.82) is 0 Å². The number of fused-ring (bicyclic) bond motifs is 1. The number of guanidine groups is 1. The number of alkyl halides is 3. The van der Waals surface area contributed by atoms with E-state index in [9.17, 15) is 22.8 Å². The Labute approximate surface area is 206 Å². The van der Waals surface area contributed by atoms with Gasteiger partial charge in [0.2, 0.25) is 6.10 Å². The van der Waals surface area contributed by atoms with Gasteiger partial charge in [-0.05, 0) is 48.4 Å². The van der Waals surface area contributed by atoms with Gasteiger partial charge in [-0.2, -0.15) is 13.2 Å². The van der Waals surface area contributed by atoms with E-state index in [1.54, 1.807) is 0 Å². The van der Waals surface area contributed by atoms with Gasteiger partial charge in [-0.1, -0.05) is 32.4 Å². The van der Waals surface area contributed by atoms with Crippen LogP contribution in [0.15, 0.2) is 22.7 Å². The number of hydrogen-bond acceptors (Lipinski definition) is 5. The number of hydrogen-bond donors (Lipinski definition) is 3. The van der Waals surface area contributed by atoms with Crippen molar-refractivity contribution in [2.75, 3.05) is 13.7 Å². The van der Waals surface area contributed by atoms with Crippen molar-refractivity contribution < 1.29 is 32.2 Å². The van der Waals surface area contributed by atoms with Crippen LogP contribution in [0.3, 0.4) is 0 Å². The number of carbonyl (C=O) groups excluding carboxylic acids is 2. The first-order valence-electron chi connectivity index (χ1n) is 10.9. The van der Waals surface area contributed by atoms with E-state index in [0.29, 0.717) is 30.0 Å². The van der Waals surface area contributed by atoms with Crippen molar-refractivity contribution >= 4 is 35.5 Å². The highest BCUT2D eigenvalue weighted by Gasteiger charge is 2.48. The Kier molecular flexibility index (Phi) is 9.05. The van der Waals surface area contributed by atoms with E-state index >= 15 is 0 Å². The van der Waals surface area contributed by atoms with Gasteiger partial charge in [0.1, 0.15) is 11.8 Å². The van der Waals surface area contributed by atoms with Crippen molar-refractivity contribution in [3.05, 3.63) is 33.9 Å². The number of esters is 1. The molecule has 1 amide bonds. The first-order chi connectivity index (χ1) is 16.1. The van der Waals surface area contributed by atoms with Crippen LogP contribution in [-0.2, 0) is 19.7 Å². The Hall–Kier alpha value is -2.95. The van der Waals surface area contributed by atoms with Gasteiger partial charge in [0.25, 0.3) is 5.91 Å². The van der Waals surface area contributed by atoms with E-state index in [1.807, 2.05) is 20.8 Å². The molecule has 1 heterocycles. The van der Waals surface area contributed by atoms with Crippen LogP contribution in [0.2, 0.25) is 5.02 Å². The van der Waals surface area contributed by atoms with Gasteiger partial charge in [0.05, 0.1) is 12.7 Å². The number of halogens is 4. The number of unbranched alkanes of at least 4 members (excludes halogenated alkanes) is 1. The summed E-state index contributed by atoms with van der Waals surface area (Å²) in [4.78, 5) is 28.9. The zero-order valence-corrected chi connectivity index (χ0v) is 20.7. The maximum Gasteiger partial charge on any atom is 0.429 e. The molecule has 2 rings (SSSR count). The first-order valence-corrected chi connectivity index (χ1v) is 11.3. The molecule has 0 spiro atoms. The van der Waals surface area contributed by atoms with Crippen LogP contribution in [0.5, 0.6) is 5.75 Å². The normalized spacial score (nSPS) is 16.3. The summed E-state index contributed by atoms with van der Waals surface area (Å²) >= 11 is 6.35. The molecule has 2 atom stereocenters. The van der Waals surface area contributed by atoms with Gasteiger partial charge < -0.3 is 26.3 Å². The van der Waals surface area contributed by atoms with Crippen molar-refractivity contribution in [3.63, 3.8) is 0 Å². The number of nitrogens with zero attached hydrogens (tertiary/aromatic N) is 1. The minimum absolute atomic E-state index is 0.0394. The summed E-state index contributed by atoms with van der Waals surface area (Å²) < 4.78 is 51.6. The molecule has 0 aliphatic carbocycles. The second-order valence-corrected chi connectivity index (χ2v) is 9.52. The van der Waals surface area contributed by atoms with Crippen molar-refractivity contribution in [3.8, 4) is 5.75 Å². The summed E-state index contributed by atoms with van der Waals surface area (Å²) in [5.74, 6) is -2.02. The average Bonchev–Trinajstić information content (AvgIpc) is 2.74. The molecule has 0 unspecified atom stereocenters. The number of rotatable bonds is 8. The molecule has 1 aromatic carbocycles. The fourth-order valence-corrected chi connectivity index (χ4v) is 3.98. The SMILES string of the molecule is COC(=O)[C@H](CCCCN=C(N)N)NC(=O)C1=Cc2cc(Cl)c(C(C)(C)C)cc2O[C@@H]1C(F)(F)F. The molecular formula is C23H30ClF3N4O4. The Morgan fingerprint density at radius 3 is 2.43 bits per heavy atom. The lowest BCUT2D eigenvalue weighted by Crippen LogP contribution is -2.48. The lowest BCUT2D eigenvalue weighted by Gasteiger charge is -2.31. The molecule has 5 N–H and O–H groups in total. The number of benzene rings is 1. The quantitative estimate of drug-likeness (QED) is 0.209. The summed E-state index contributed by atoms with van der Waals surface area (Å²) in [6, 6.07) is 1.74. The maximum absolute atomic E-state index is 13.9. The summed E-state index contributed by atoms with van der Waals surface area (Å²) in [5.41, 5.74) is 10.2. The van der Waals surface area contributed by atoms with Gasteiger partial charge in [-0.3, -0.25) is 9.79 Å². The van der Waals surface area contributed by atoms with E-state index in [2.05, 4.69) is 10.3 Å². The van der Waals surface area contributed by atoms with Gasteiger partial charge in [0.15, 0.2) is 5.96 Å². The van der Waals surface area contributed by atoms with Crippen molar-refractivity contribution in [2.45, 2.75) is 63.8 Å². The third-order valence-corrected chi connectivity index (χ3v) is 5.60. The van der Waals surface area contributed by atoms with Crippen LogP contribution >= 0.6 is 11.6 Å². The highest BCUT2D eigenvalue weighted by atomic mass is 35.5. The number of methoxy groups -OCH3 is 1. The number of carbonyl (C=O) groups is 2. The fraction of sp³-hybridized carbons (Fsp3) is 0.522. The summed E-state index contributed by atoms with van der Waals surface area (Å²) in [6.45, 7) is 5.89. The van der Waals surface area contributed by atoms with Crippen LogP contribution in [0, 0.1) is 0 Å². The third-order valence-electron chi connectivity index (χ3n) is 5.29. The van der Waals surface area contributed by atoms with E-state index in [4.69, 9.17) is 32.5 Å². The number of aliphatic imine (C=N–C) groups is 1. The number of ether oxygens (including phenoxy) is 2. The van der Waals surface area contributed by atoms with Crippen LogP contribution in [0.4, 0.5) is 13.2 Å². The van der Waals surface area contributed by atoms with Gasteiger partial charge in [0, 0.05) is 17.1 Å².